The van der Waals surface area contributed by atoms with Crippen molar-refractivity contribution in [1.82, 2.24) is 5.32 Å². The molecule has 0 aromatic carbocycles. The Hall–Kier alpha value is -1.32. The first-order valence-electron chi connectivity index (χ1n) is 17.2. The molecule has 0 fully saturated rings. The summed E-state index contributed by atoms with van der Waals surface area (Å²) in [5.41, 5.74) is 5.32. The molecule has 44 heavy (non-hydrogen) atoms. The molecule has 0 aliphatic heterocycles. The minimum Gasteiger partial charge on any atom is -0.393 e. The zero-order valence-corrected chi connectivity index (χ0v) is 28.6. The lowest BCUT2D eigenvalue weighted by Crippen LogP contribution is -2.46. The fraction of sp³-hybridized carbons (Fsp3) is 0.794. The van der Waals surface area contributed by atoms with Gasteiger partial charge in [0.15, 0.2) is 0 Å². The summed E-state index contributed by atoms with van der Waals surface area (Å²) >= 11 is 0. The smallest absolute Gasteiger partial charge is 0.393 e. The van der Waals surface area contributed by atoms with E-state index >= 15 is 0 Å². The van der Waals surface area contributed by atoms with Crippen LogP contribution in [0.25, 0.3) is 0 Å². The molecule has 1 amide bonds. The maximum atomic E-state index is 12.7. The number of unbranched alkanes of at least 4 members (excludes halogenated alkanes) is 14. The highest BCUT2D eigenvalue weighted by molar-refractivity contribution is 7.47. The molecule has 0 spiro atoms. The summed E-state index contributed by atoms with van der Waals surface area (Å²) in [6.07, 6.45) is 29.7. The molecule has 0 aliphatic carbocycles. The van der Waals surface area contributed by atoms with E-state index in [0.717, 1.165) is 38.5 Å². The number of rotatable bonds is 31. The van der Waals surface area contributed by atoms with Gasteiger partial charge in [-0.15, -0.1) is 0 Å². The largest absolute Gasteiger partial charge is 0.472 e. The van der Waals surface area contributed by atoms with Gasteiger partial charge in [0.1, 0.15) is 0 Å². The molecule has 6 N–H and O–H groups in total. The third-order valence-corrected chi connectivity index (χ3v) is 8.33. The second-order valence-corrected chi connectivity index (χ2v) is 13.0. The van der Waals surface area contributed by atoms with Crippen LogP contribution in [-0.4, -0.2) is 59.0 Å². The lowest BCUT2D eigenvalue weighted by atomic mass is 10.0. The molecule has 0 radical (unpaired) electrons. The maximum Gasteiger partial charge on any atom is 0.472 e. The molecule has 0 bridgehead atoms. The number of nitrogens with two attached hydrogens (primary N) is 1. The van der Waals surface area contributed by atoms with Gasteiger partial charge < -0.3 is 26.2 Å². The molecule has 4 unspecified atom stereocenters. The maximum absolute atomic E-state index is 12.7. The Morgan fingerprint density at radius 2 is 1.34 bits per heavy atom. The van der Waals surface area contributed by atoms with Crippen LogP contribution in [-0.2, 0) is 18.4 Å². The normalized spacial score (nSPS) is 15.7. The minimum atomic E-state index is -4.39. The highest BCUT2D eigenvalue weighted by Gasteiger charge is 2.27. The molecule has 0 heterocycles. The highest BCUT2D eigenvalue weighted by Crippen LogP contribution is 2.43. The molecule has 4 atom stereocenters. The van der Waals surface area contributed by atoms with Gasteiger partial charge in [-0.05, 0) is 39.0 Å². The number of aliphatic hydroxyl groups excluding tert-OH is 2. The number of amides is 1. The van der Waals surface area contributed by atoms with Crippen molar-refractivity contribution in [1.29, 1.82) is 0 Å². The average molecular weight is 645 g/mol. The number of carbonyl (C=O) groups is 1. The predicted molar refractivity (Wildman–Crippen MR) is 181 cm³/mol. The van der Waals surface area contributed by atoms with Gasteiger partial charge in [-0.3, -0.25) is 13.8 Å². The third-order valence-electron chi connectivity index (χ3n) is 7.35. The number of allylic oxidation sites excluding steroid dienone is 5. The number of nitrogens with one attached hydrogen (secondary N) is 1. The van der Waals surface area contributed by atoms with Crippen LogP contribution in [0.15, 0.2) is 36.5 Å². The lowest BCUT2D eigenvalue weighted by Gasteiger charge is -2.24. The van der Waals surface area contributed by atoms with E-state index in [0.29, 0.717) is 12.8 Å². The molecule has 0 rings (SSSR count). The van der Waals surface area contributed by atoms with E-state index in [2.05, 4.69) is 30.5 Å². The summed E-state index contributed by atoms with van der Waals surface area (Å²) in [7, 11) is -4.39. The Morgan fingerprint density at radius 3 is 1.89 bits per heavy atom. The quantitative estimate of drug-likeness (QED) is 0.0297. The van der Waals surface area contributed by atoms with Gasteiger partial charge in [0, 0.05) is 6.54 Å². The third kappa shape index (κ3) is 28.2. The Morgan fingerprint density at radius 1 is 0.818 bits per heavy atom. The second-order valence-electron chi connectivity index (χ2n) is 11.6. The fourth-order valence-electron chi connectivity index (χ4n) is 4.74. The Kier molecular flexibility index (Phi) is 29.4. The van der Waals surface area contributed by atoms with Gasteiger partial charge in [-0.2, -0.15) is 0 Å². The molecule has 10 heteroatoms. The average Bonchev–Trinajstić information content (AvgIpc) is 2.99. The van der Waals surface area contributed by atoms with E-state index < -0.39 is 38.6 Å². The molecule has 0 aromatic rings. The first-order valence-corrected chi connectivity index (χ1v) is 18.7. The van der Waals surface area contributed by atoms with Gasteiger partial charge >= 0.3 is 7.82 Å². The van der Waals surface area contributed by atoms with Crippen molar-refractivity contribution in [3.05, 3.63) is 36.5 Å². The van der Waals surface area contributed by atoms with Crippen molar-refractivity contribution < 1.29 is 33.5 Å². The van der Waals surface area contributed by atoms with Crippen molar-refractivity contribution >= 4 is 13.7 Å². The molecule has 0 aliphatic rings. The summed E-state index contributed by atoms with van der Waals surface area (Å²) in [6.45, 7) is 3.67. The highest BCUT2D eigenvalue weighted by atomic mass is 31.2. The zero-order chi connectivity index (χ0) is 32.7. The van der Waals surface area contributed by atoms with Gasteiger partial charge in [-0.25, -0.2) is 4.57 Å². The summed E-state index contributed by atoms with van der Waals surface area (Å²) in [6, 6.07) is -0.999. The number of phosphoric ester groups is 1. The van der Waals surface area contributed by atoms with Crippen LogP contribution < -0.4 is 11.1 Å². The number of phosphoric acid groups is 1. The molecule has 0 saturated heterocycles. The van der Waals surface area contributed by atoms with Crippen molar-refractivity contribution in [2.75, 3.05) is 19.8 Å². The van der Waals surface area contributed by atoms with Gasteiger partial charge in [0.25, 0.3) is 0 Å². The second kappa shape index (κ2) is 30.3. The SMILES string of the molecule is C/C=C/CC/C=C/CC/C=C/C(O)C(COP(=O)(O)OCCN)NC(=O)CC(O)CCCCCCCCCCCCCCC. The number of hydrogen-bond donors (Lipinski definition) is 5. The first-order chi connectivity index (χ1) is 21.3. The number of carbonyl (C=O) groups excluding carboxylic acids is 1. The summed E-state index contributed by atoms with van der Waals surface area (Å²) < 4.78 is 21.8. The predicted octanol–water partition coefficient (Wildman–Crippen LogP) is 7.41. The van der Waals surface area contributed by atoms with Crippen LogP contribution in [0, 0.1) is 0 Å². The minimum absolute atomic E-state index is 0.0420. The Balaban J connectivity index is 4.48. The van der Waals surface area contributed by atoms with E-state index in [4.69, 9.17) is 14.8 Å². The van der Waals surface area contributed by atoms with Crippen LogP contribution in [0.3, 0.4) is 0 Å². The number of hydrogen-bond acceptors (Lipinski definition) is 7. The molecular formula is C34H65N2O7P. The number of aliphatic hydroxyl groups is 2. The van der Waals surface area contributed by atoms with E-state index in [-0.39, 0.29) is 19.6 Å². The van der Waals surface area contributed by atoms with Crippen molar-refractivity contribution in [3.8, 4) is 0 Å². The van der Waals surface area contributed by atoms with Crippen molar-refractivity contribution in [2.24, 2.45) is 5.73 Å². The first kappa shape index (κ1) is 42.7. The summed E-state index contributed by atoms with van der Waals surface area (Å²) in [5, 5.41) is 23.7. The zero-order valence-electron chi connectivity index (χ0n) is 27.8. The Bertz CT molecular complexity index is 806. The van der Waals surface area contributed by atoms with Crippen LogP contribution in [0.1, 0.15) is 136 Å². The van der Waals surface area contributed by atoms with E-state index in [1.165, 1.54) is 70.3 Å². The van der Waals surface area contributed by atoms with Crippen LogP contribution in [0.4, 0.5) is 0 Å². The standard InChI is InChI=1S/C34H65N2O7P/c1-3-5-7-9-11-13-14-15-16-18-19-21-23-25-31(37)29-34(39)36-32(30-43-44(40,41)42-28-27-35)33(38)26-24-22-20-17-12-10-8-6-4-2/h4,6,12,17,24,26,31-33,37-38H,3,5,7-11,13-16,18-23,25,27-30,35H2,1-2H3,(H,36,39)(H,40,41)/b6-4+,17-12+,26-24+. The van der Waals surface area contributed by atoms with Gasteiger partial charge in [-0.1, -0.05) is 127 Å². The van der Waals surface area contributed by atoms with E-state index in [1.807, 2.05) is 13.0 Å². The van der Waals surface area contributed by atoms with Crippen LogP contribution in [0.2, 0.25) is 0 Å². The lowest BCUT2D eigenvalue weighted by molar-refractivity contribution is -0.124. The molecule has 0 saturated carbocycles. The summed E-state index contributed by atoms with van der Waals surface area (Å²) in [4.78, 5) is 22.5. The van der Waals surface area contributed by atoms with E-state index in [9.17, 15) is 24.5 Å². The van der Waals surface area contributed by atoms with Crippen molar-refractivity contribution in [2.45, 2.75) is 154 Å². The van der Waals surface area contributed by atoms with Gasteiger partial charge in [0.05, 0.1) is 37.9 Å². The van der Waals surface area contributed by atoms with Crippen LogP contribution >= 0.6 is 7.82 Å². The topological polar surface area (TPSA) is 151 Å². The van der Waals surface area contributed by atoms with Crippen LogP contribution in [0.5, 0.6) is 0 Å². The summed E-state index contributed by atoms with van der Waals surface area (Å²) in [5.74, 6) is -0.465. The van der Waals surface area contributed by atoms with Gasteiger partial charge in [0.2, 0.25) is 5.91 Å². The molecule has 0 aromatic heterocycles. The molecule has 258 valence electrons. The monoisotopic (exact) mass is 644 g/mol. The van der Waals surface area contributed by atoms with Crippen molar-refractivity contribution in [3.63, 3.8) is 0 Å². The molecular weight excluding hydrogens is 579 g/mol. The Labute approximate surface area is 268 Å². The fourth-order valence-corrected chi connectivity index (χ4v) is 5.50. The molecule has 9 nitrogen and oxygen atoms in total. The van der Waals surface area contributed by atoms with E-state index in [1.54, 1.807) is 6.08 Å².